The van der Waals surface area contributed by atoms with Crippen LogP contribution in [0, 0.1) is 0 Å². The highest BCUT2D eigenvalue weighted by Gasteiger charge is 2.21. The molecule has 6 nitrogen and oxygen atoms in total. The average Bonchev–Trinajstić information content (AvgIpc) is 2.78. The lowest BCUT2D eigenvalue weighted by Crippen LogP contribution is -2.46. The van der Waals surface area contributed by atoms with Crippen molar-refractivity contribution in [2.75, 3.05) is 26.2 Å². The summed E-state index contributed by atoms with van der Waals surface area (Å²) in [5.74, 6) is 1.02. The van der Waals surface area contributed by atoms with Crippen LogP contribution in [0.1, 0.15) is 29.8 Å². The molecule has 0 radical (unpaired) electrons. The first-order valence-corrected chi connectivity index (χ1v) is 5.72. The van der Waals surface area contributed by atoms with Crippen LogP contribution in [0.25, 0.3) is 0 Å². The number of aromatic nitrogens is 3. The van der Waals surface area contributed by atoms with Crippen molar-refractivity contribution in [1.29, 1.82) is 0 Å². The fourth-order valence-corrected chi connectivity index (χ4v) is 1.75. The summed E-state index contributed by atoms with van der Waals surface area (Å²) in [7, 11) is 0. The maximum absolute atomic E-state index is 12.0. The second-order valence-corrected chi connectivity index (χ2v) is 3.90. The molecule has 2 rings (SSSR count). The van der Waals surface area contributed by atoms with Gasteiger partial charge in [-0.25, -0.2) is 4.98 Å². The number of hydrogen-bond acceptors (Lipinski definition) is 4. The van der Waals surface area contributed by atoms with Crippen LogP contribution < -0.4 is 5.32 Å². The Hall–Kier alpha value is -1.43. The van der Waals surface area contributed by atoms with Crippen LogP contribution in [0.5, 0.6) is 0 Å². The maximum Gasteiger partial charge on any atom is 0.293 e. The monoisotopic (exact) mass is 223 g/mol. The van der Waals surface area contributed by atoms with Crippen molar-refractivity contribution in [3.63, 3.8) is 0 Å². The first kappa shape index (κ1) is 11.1. The number of aryl methyl sites for hydroxylation is 1. The minimum Gasteiger partial charge on any atom is -0.333 e. The lowest BCUT2D eigenvalue weighted by atomic mass is 10.3. The third-order valence-corrected chi connectivity index (χ3v) is 2.61. The van der Waals surface area contributed by atoms with Gasteiger partial charge in [-0.1, -0.05) is 6.92 Å². The molecule has 1 aromatic rings. The predicted octanol–water partition coefficient (Wildman–Crippen LogP) is -0.197. The summed E-state index contributed by atoms with van der Waals surface area (Å²) < 4.78 is 0. The molecule has 1 amide bonds. The van der Waals surface area contributed by atoms with Gasteiger partial charge in [-0.15, -0.1) is 5.10 Å². The predicted molar refractivity (Wildman–Crippen MR) is 59.2 cm³/mol. The van der Waals surface area contributed by atoms with Gasteiger partial charge in [0.1, 0.15) is 5.82 Å². The summed E-state index contributed by atoms with van der Waals surface area (Å²) in [6, 6.07) is 0. The normalized spacial score (nSPS) is 16.4. The van der Waals surface area contributed by atoms with Crippen LogP contribution in [-0.2, 0) is 6.42 Å². The molecule has 16 heavy (non-hydrogen) atoms. The van der Waals surface area contributed by atoms with Crippen LogP contribution in [0.3, 0.4) is 0 Å². The molecule has 0 aliphatic carbocycles. The van der Waals surface area contributed by atoms with Crippen molar-refractivity contribution < 1.29 is 4.79 Å². The van der Waals surface area contributed by atoms with Crippen LogP contribution in [-0.4, -0.2) is 52.2 Å². The number of aromatic amines is 1. The molecule has 2 heterocycles. The zero-order valence-electron chi connectivity index (χ0n) is 9.49. The second-order valence-electron chi connectivity index (χ2n) is 3.90. The Labute approximate surface area is 94.4 Å². The van der Waals surface area contributed by atoms with E-state index in [0.717, 1.165) is 44.8 Å². The quantitative estimate of drug-likeness (QED) is 0.744. The summed E-state index contributed by atoms with van der Waals surface area (Å²) in [5.41, 5.74) is 0. The number of rotatable bonds is 3. The van der Waals surface area contributed by atoms with Crippen LogP contribution in [0.4, 0.5) is 0 Å². The van der Waals surface area contributed by atoms with Crippen molar-refractivity contribution in [2.24, 2.45) is 0 Å². The van der Waals surface area contributed by atoms with Gasteiger partial charge in [0.15, 0.2) is 0 Å². The van der Waals surface area contributed by atoms with Gasteiger partial charge in [0, 0.05) is 32.6 Å². The summed E-state index contributed by atoms with van der Waals surface area (Å²) in [6.45, 7) is 5.23. The number of piperazine rings is 1. The van der Waals surface area contributed by atoms with Crippen molar-refractivity contribution in [2.45, 2.75) is 19.8 Å². The van der Waals surface area contributed by atoms with Crippen LogP contribution in [0.15, 0.2) is 0 Å². The Morgan fingerprint density at radius 1 is 1.44 bits per heavy atom. The molecule has 0 spiro atoms. The van der Waals surface area contributed by atoms with E-state index in [4.69, 9.17) is 0 Å². The number of carbonyl (C=O) groups is 1. The fraction of sp³-hybridized carbons (Fsp3) is 0.700. The summed E-state index contributed by atoms with van der Waals surface area (Å²) in [5, 5.41) is 9.97. The average molecular weight is 223 g/mol. The van der Waals surface area contributed by atoms with Gasteiger partial charge in [-0.3, -0.25) is 9.89 Å². The molecule has 0 aromatic carbocycles. The standard InChI is InChI=1S/C10H17N5O/c1-2-3-8-12-9(14-13-8)10(16)15-6-4-11-5-7-15/h11H,2-7H2,1H3,(H,12,13,14). The van der Waals surface area contributed by atoms with E-state index >= 15 is 0 Å². The van der Waals surface area contributed by atoms with Crippen molar-refractivity contribution >= 4 is 5.91 Å². The van der Waals surface area contributed by atoms with Crippen molar-refractivity contribution in [1.82, 2.24) is 25.4 Å². The minimum absolute atomic E-state index is 0.0693. The fourth-order valence-electron chi connectivity index (χ4n) is 1.75. The minimum atomic E-state index is -0.0693. The second kappa shape index (κ2) is 5.07. The topological polar surface area (TPSA) is 73.9 Å². The van der Waals surface area contributed by atoms with Crippen molar-refractivity contribution in [3.8, 4) is 0 Å². The molecular weight excluding hydrogens is 206 g/mol. The Kier molecular flexibility index (Phi) is 3.51. The molecule has 0 bridgehead atoms. The molecule has 0 unspecified atom stereocenters. The Balaban J connectivity index is 2.01. The highest BCUT2D eigenvalue weighted by molar-refractivity contribution is 5.90. The van der Waals surface area contributed by atoms with Gasteiger partial charge in [0.05, 0.1) is 0 Å². The molecule has 6 heteroatoms. The summed E-state index contributed by atoms with van der Waals surface area (Å²) in [4.78, 5) is 18.0. The molecule has 1 aromatic heterocycles. The van der Waals surface area contributed by atoms with E-state index in [1.54, 1.807) is 4.90 Å². The molecule has 88 valence electrons. The summed E-state index contributed by atoms with van der Waals surface area (Å²) >= 11 is 0. The number of nitrogens with zero attached hydrogens (tertiary/aromatic N) is 3. The van der Waals surface area contributed by atoms with E-state index in [0.29, 0.717) is 5.82 Å². The largest absolute Gasteiger partial charge is 0.333 e. The van der Waals surface area contributed by atoms with E-state index in [9.17, 15) is 4.79 Å². The number of nitrogens with one attached hydrogen (secondary N) is 2. The van der Waals surface area contributed by atoms with Crippen LogP contribution in [0.2, 0.25) is 0 Å². The summed E-state index contributed by atoms with van der Waals surface area (Å²) in [6.07, 6.45) is 1.83. The number of H-pyrrole nitrogens is 1. The van der Waals surface area contributed by atoms with Gasteiger partial charge >= 0.3 is 0 Å². The van der Waals surface area contributed by atoms with Gasteiger partial charge < -0.3 is 10.2 Å². The number of carbonyl (C=O) groups excluding carboxylic acids is 1. The van der Waals surface area contributed by atoms with E-state index in [2.05, 4.69) is 27.4 Å². The first-order chi connectivity index (χ1) is 7.81. The molecule has 1 fully saturated rings. The first-order valence-electron chi connectivity index (χ1n) is 5.72. The lowest BCUT2D eigenvalue weighted by Gasteiger charge is -2.26. The molecule has 1 aliphatic heterocycles. The highest BCUT2D eigenvalue weighted by Crippen LogP contribution is 2.02. The third kappa shape index (κ3) is 2.38. The third-order valence-electron chi connectivity index (χ3n) is 2.61. The Morgan fingerprint density at radius 3 is 2.88 bits per heavy atom. The Morgan fingerprint density at radius 2 is 2.19 bits per heavy atom. The SMILES string of the molecule is CCCc1nc(C(=O)N2CCNCC2)n[nH]1. The zero-order chi connectivity index (χ0) is 11.4. The lowest BCUT2D eigenvalue weighted by molar-refractivity contribution is 0.0724. The zero-order valence-corrected chi connectivity index (χ0v) is 9.49. The number of hydrogen-bond donors (Lipinski definition) is 2. The van der Waals surface area contributed by atoms with Crippen molar-refractivity contribution in [3.05, 3.63) is 11.6 Å². The molecule has 2 N–H and O–H groups in total. The van der Waals surface area contributed by atoms with Gasteiger partial charge in [0.25, 0.3) is 5.91 Å². The van der Waals surface area contributed by atoms with E-state index < -0.39 is 0 Å². The van der Waals surface area contributed by atoms with E-state index in [-0.39, 0.29) is 5.91 Å². The van der Waals surface area contributed by atoms with Gasteiger partial charge in [0.2, 0.25) is 5.82 Å². The molecular formula is C10H17N5O. The molecule has 0 atom stereocenters. The van der Waals surface area contributed by atoms with E-state index in [1.165, 1.54) is 0 Å². The maximum atomic E-state index is 12.0. The van der Waals surface area contributed by atoms with Crippen LogP contribution >= 0.6 is 0 Å². The smallest absolute Gasteiger partial charge is 0.293 e. The van der Waals surface area contributed by atoms with Gasteiger partial charge in [-0.05, 0) is 6.42 Å². The molecule has 0 saturated carbocycles. The molecule has 1 aliphatic rings. The molecule has 1 saturated heterocycles. The van der Waals surface area contributed by atoms with Gasteiger partial charge in [-0.2, -0.15) is 0 Å². The highest BCUT2D eigenvalue weighted by atomic mass is 16.2. The van der Waals surface area contributed by atoms with E-state index in [1.807, 2.05) is 0 Å². The number of amides is 1. The Bertz CT molecular complexity index is 356.